The number of hydrogen-bond donors (Lipinski definition) is 0. The summed E-state index contributed by atoms with van der Waals surface area (Å²) in [6.45, 7) is 3.07. The van der Waals surface area contributed by atoms with Crippen LogP contribution in [0.2, 0.25) is 0 Å². The average Bonchev–Trinajstić information content (AvgIpc) is 2.36. The zero-order valence-corrected chi connectivity index (χ0v) is 6.04. The van der Waals surface area contributed by atoms with Gasteiger partial charge in [0, 0.05) is 18.9 Å². The molecule has 0 spiro atoms. The highest BCUT2D eigenvalue weighted by molar-refractivity contribution is 5.16. The maximum atomic E-state index is 5.19. The molecule has 0 saturated carbocycles. The van der Waals surface area contributed by atoms with Gasteiger partial charge in [0.2, 0.25) is 0 Å². The fraction of sp³-hybridized carbons (Fsp3) is 0.375. The van der Waals surface area contributed by atoms with Crippen LogP contribution >= 0.6 is 0 Å². The van der Waals surface area contributed by atoms with Crippen molar-refractivity contribution in [2.24, 2.45) is 0 Å². The number of aryl methyl sites for hydroxylation is 1. The number of aromatic nitrogens is 2. The molecule has 0 fully saturated rings. The van der Waals surface area contributed by atoms with Gasteiger partial charge in [-0.3, -0.25) is 0 Å². The van der Waals surface area contributed by atoms with Crippen molar-refractivity contribution in [1.82, 2.24) is 9.55 Å². The first-order chi connectivity index (χ1) is 4.88. The van der Waals surface area contributed by atoms with E-state index in [4.69, 9.17) is 6.42 Å². The molecule has 52 valence electrons. The maximum absolute atomic E-state index is 5.19. The predicted molar refractivity (Wildman–Crippen MR) is 40.5 cm³/mol. The molecular formula is C8H10N2. The number of imidazole rings is 1. The van der Waals surface area contributed by atoms with Crippen LogP contribution in [0.3, 0.4) is 0 Å². The SMILES string of the molecule is C#Cc1nccn1CCC. The van der Waals surface area contributed by atoms with Crippen LogP contribution in [-0.4, -0.2) is 9.55 Å². The van der Waals surface area contributed by atoms with Crippen molar-refractivity contribution in [3.05, 3.63) is 18.2 Å². The number of rotatable bonds is 2. The molecule has 1 heterocycles. The summed E-state index contributed by atoms with van der Waals surface area (Å²) in [6.07, 6.45) is 9.91. The molecule has 0 amide bonds. The van der Waals surface area contributed by atoms with Gasteiger partial charge in [-0.2, -0.15) is 0 Å². The Kier molecular flexibility index (Phi) is 2.11. The summed E-state index contributed by atoms with van der Waals surface area (Å²) >= 11 is 0. The van der Waals surface area contributed by atoms with Crippen molar-refractivity contribution in [1.29, 1.82) is 0 Å². The van der Waals surface area contributed by atoms with Gasteiger partial charge in [-0.1, -0.05) is 6.92 Å². The molecule has 0 N–H and O–H groups in total. The molecule has 2 nitrogen and oxygen atoms in total. The standard InChI is InChI=1S/C8H10N2/c1-3-6-10-7-5-9-8(10)4-2/h2,5,7H,3,6H2,1H3. The van der Waals surface area contributed by atoms with Gasteiger partial charge in [0.05, 0.1) is 0 Å². The first-order valence-corrected chi connectivity index (χ1v) is 3.36. The summed E-state index contributed by atoms with van der Waals surface area (Å²) in [6, 6.07) is 0. The molecule has 0 aliphatic heterocycles. The Morgan fingerprint density at radius 1 is 1.80 bits per heavy atom. The summed E-state index contributed by atoms with van der Waals surface area (Å²) in [7, 11) is 0. The highest BCUT2D eigenvalue weighted by Crippen LogP contribution is 1.96. The van der Waals surface area contributed by atoms with Gasteiger partial charge >= 0.3 is 0 Å². The lowest BCUT2D eigenvalue weighted by molar-refractivity contribution is 0.671. The average molecular weight is 134 g/mol. The Hall–Kier alpha value is -1.23. The Morgan fingerprint density at radius 2 is 2.60 bits per heavy atom. The lowest BCUT2D eigenvalue weighted by Crippen LogP contribution is -1.97. The fourth-order valence-corrected chi connectivity index (χ4v) is 0.871. The van der Waals surface area contributed by atoms with Gasteiger partial charge in [-0.25, -0.2) is 4.98 Å². The van der Waals surface area contributed by atoms with Crippen LogP contribution in [-0.2, 0) is 6.54 Å². The third kappa shape index (κ3) is 1.19. The minimum absolute atomic E-state index is 0.724. The van der Waals surface area contributed by atoms with E-state index >= 15 is 0 Å². The van der Waals surface area contributed by atoms with Crippen molar-refractivity contribution in [3.8, 4) is 12.3 Å². The number of terminal acetylenes is 1. The molecule has 1 rings (SSSR count). The molecular weight excluding hydrogens is 124 g/mol. The summed E-state index contributed by atoms with van der Waals surface area (Å²) in [5, 5.41) is 0. The van der Waals surface area contributed by atoms with E-state index in [-0.39, 0.29) is 0 Å². The van der Waals surface area contributed by atoms with E-state index in [1.165, 1.54) is 0 Å². The maximum Gasteiger partial charge on any atom is 0.185 e. The first-order valence-electron chi connectivity index (χ1n) is 3.36. The summed E-state index contributed by atoms with van der Waals surface area (Å²) in [5.74, 6) is 3.24. The van der Waals surface area contributed by atoms with Crippen molar-refractivity contribution in [3.63, 3.8) is 0 Å². The zero-order chi connectivity index (χ0) is 7.40. The van der Waals surface area contributed by atoms with Gasteiger partial charge in [0.25, 0.3) is 0 Å². The molecule has 0 aliphatic carbocycles. The van der Waals surface area contributed by atoms with Crippen LogP contribution in [0.4, 0.5) is 0 Å². The van der Waals surface area contributed by atoms with E-state index < -0.39 is 0 Å². The van der Waals surface area contributed by atoms with Crippen LogP contribution in [0.15, 0.2) is 12.4 Å². The van der Waals surface area contributed by atoms with Gasteiger partial charge in [-0.05, 0) is 12.3 Å². The minimum atomic E-state index is 0.724. The van der Waals surface area contributed by atoms with E-state index in [1.807, 2.05) is 10.8 Å². The van der Waals surface area contributed by atoms with Crippen molar-refractivity contribution in [2.45, 2.75) is 19.9 Å². The third-order valence-corrected chi connectivity index (χ3v) is 1.31. The molecule has 0 aliphatic rings. The quantitative estimate of drug-likeness (QED) is 0.557. The third-order valence-electron chi connectivity index (χ3n) is 1.31. The van der Waals surface area contributed by atoms with Crippen molar-refractivity contribution in [2.75, 3.05) is 0 Å². The molecule has 0 unspecified atom stereocenters. The van der Waals surface area contributed by atoms with E-state index in [0.717, 1.165) is 18.8 Å². The predicted octanol–water partition coefficient (Wildman–Crippen LogP) is 1.27. The van der Waals surface area contributed by atoms with Crippen LogP contribution in [0.5, 0.6) is 0 Å². The second kappa shape index (κ2) is 3.07. The number of nitrogens with zero attached hydrogens (tertiary/aromatic N) is 2. The summed E-state index contributed by atoms with van der Waals surface area (Å²) in [5.41, 5.74) is 0. The summed E-state index contributed by atoms with van der Waals surface area (Å²) < 4.78 is 1.97. The molecule has 1 aromatic rings. The largest absolute Gasteiger partial charge is 0.324 e. The minimum Gasteiger partial charge on any atom is -0.324 e. The van der Waals surface area contributed by atoms with Crippen molar-refractivity contribution < 1.29 is 0 Å². The lowest BCUT2D eigenvalue weighted by Gasteiger charge is -1.98. The molecule has 0 atom stereocenters. The Morgan fingerprint density at radius 3 is 3.20 bits per heavy atom. The molecule has 1 aromatic heterocycles. The van der Waals surface area contributed by atoms with Crippen molar-refractivity contribution >= 4 is 0 Å². The fourth-order valence-electron chi connectivity index (χ4n) is 0.871. The highest BCUT2D eigenvalue weighted by Gasteiger charge is 1.94. The second-order valence-corrected chi connectivity index (χ2v) is 2.09. The van der Waals surface area contributed by atoms with E-state index in [2.05, 4.69) is 17.8 Å². The van der Waals surface area contributed by atoms with Crippen LogP contribution in [0, 0.1) is 12.3 Å². The monoisotopic (exact) mass is 134 g/mol. The normalized spacial score (nSPS) is 9.20. The molecule has 2 heteroatoms. The zero-order valence-electron chi connectivity index (χ0n) is 6.04. The van der Waals surface area contributed by atoms with Gasteiger partial charge in [0.1, 0.15) is 0 Å². The highest BCUT2D eigenvalue weighted by atomic mass is 15.0. The summed E-state index contributed by atoms with van der Waals surface area (Å²) in [4.78, 5) is 3.98. The molecule has 0 radical (unpaired) electrons. The van der Waals surface area contributed by atoms with Crippen LogP contribution < -0.4 is 0 Å². The Labute approximate surface area is 60.9 Å². The van der Waals surface area contributed by atoms with E-state index in [1.54, 1.807) is 6.20 Å². The molecule has 0 bridgehead atoms. The molecule has 10 heavy (non-hydrogen) atoms. The Balaban J connectivity index is 2.82. The molecule has 0 aromatic carbocycles. The van der Waals surface area contributed by atoms with Crippen LogP contribution in [0.25, 0.3) is 0 Å². The van der Waals surface area contributed by atoms with Gasteiger partial charge in [0.15, 0.2) is 5.82 Å². The van der Waals surface area contributed by atoms with Gasteiger partial charge in [-0.15, -0.1) is 6.42 Å². The smallest absolute Gasteiger partial charge is 0.185 e. The number of hydrogen-bond acceptors (Lipinski definition) is 1. The van der Waals surface area contributed by atoms with Gasteiger partial charge < -0.3 is 4.57 Å². The Bertz CT molecular complexity index is 242. The van der Waals surface area contributed by atoms with E-state index in [9.17, 15) is 0 Å². The van der Waals surface area contributed by atoms with E-state index in [0.29, 0.717) is 0 Å². The topological polar surface area (TPSA) is 17.8 Å². The second-order valence-electron chi connectivity index (χ2n) is 2.09. The molecule has 0 saturated heterocycles. The lowest BCUT2D eigenvalue weighted by atomic mass is 10.4. The first kappa shape index (κ1) is 6.88. The van der Waals surface area contributed by atoms with Crippen LogP contribution in [0.1, 0.15) is 19.2 Å².